The molecule has 112 valence electrons. The molecule has 0 amide bonds. The van der Waals surface area contributed by atoms with E-state index in [1.807, 2.05) is 49.4 Å². The molecule has 0 saturated carbocycles. The van der Waals surface area contributed by atoms with Gasteiger partial charge in [-0.1, -0.05) is 64.8 Å². The summed E-state index contributed by atoms with van der Waals surface area (Å²) in [6.45, 7) is 1.92. The van der Waals surface area contributed by atoms with Crippen LogP contribution < -0.4 is 0 Å². The van der Waals surface area contributed by atoms with Gasteiger partial charge in [-0.3, -0.25) is 4.21 Å². The van der Waals surface area contributed by atoms with Gasteiger partial charge < -0.3 is 0 Å². The van der Waals surface area contributed by atoms with E-state index in [9.17, 15) is 4.21 Å². The van der Waals surface area contributed by atoms with Crippen molar-refractivity contribution in [3.8, 4) is 11.1 Å². The molecule has 0 heterocycles. The average molecular weight is 394 g/mol. The predicted octanol–water partition coefficient (Wildman–Crippen LogP) is 6.05. The highest BCUT2D eigenvalue weighted by molar-refractivity contribution is 9.10. The van der Waals surface area contributed by atoms with E-state index in [0.717, 1.165) is 31.3 Å². The van der Waals surface area contributed by atoms with Crippen LogP contribution in [0.25, 0.3) is 21.9 Å². The molecule has 22 heavy (non-hydrogen) atoms. The van der Waals surface area contributed by atoms with E-state index in [-0.39, 0.29) is 0 Å². The molecule has 0 aliphatic carbocycles. The number of hydrogen-bond acceptors (Lipinski definition) is 1. The Morgan fingerprint density at radius 1 is 1.00 bits per heavy atom. The van der Waals surface area contributed by atoms with Gasteiger partial charge in [0.05, 0.1) is 10.8 Å². The van der Waals surface area contributed by atoms with Crippen molar-refractivity contribution in [1.82, 2.24) is 0 Å². The fourth-order valence-electron chi connectivity index (χ4n) is 2.48. The summed E-state index contributed by atoms with van der Waals surface area (Å²) in [5.41, 5.74) is 1.85. The van der Waals surface area contributed by atoms with Crippen LogP contribution in [0.3, 0.4) is 0 Å². The van der Waals surface area contributed by atoms with Gasteiger partial charge in [-0.25, -0.2) is 0 Å². The van der Waals surface area contributed by atoms with Crippen molar-refractivity contribution in [2.24, 2.45) is 0 Å². The van der Waals surface area contributed by atoms with Crippen LogP contribution in [0, 0.1) is 0 Å². The first kappa shape index (κ1) is 15.7. The molecule has 1 unspecified atom stereocenters. The molecule has 0 aliphatic heterocycles. The molecular weight excluding hydrogens is 380 g/mol. The van der Waals surface area contributed by atoms with Crippen molar-refractivity contribution in [2.45, 2.75) is 11.8 Å². The van der Waals surface area contributed by atoms with Crippen molar-refractivity contribution in [3.05, 3.63) is 64.1 Å². The summed E-state index contributed by atoms with van der Waals surface area (Å²) < 4.78 is 13.3. The Labute approximate surface area is 145 Å². The Bertz CT molecular complexity index is 876. The van der Waals surface area contributed by atoms with Gasteiger partial charge in [0.15, 0.2) is 0 Å². The zero-order valence-corrected chi connectivity index (χ0v) is 15.1. The maximum Gasteiger partial charge on any atom is 0.0533 e. The van der Waals surface area contributed by atoms with Crippen LogP contribution >= 0.6 is 27.5 Å². The highest BCUT2D eigenvalue weighted by Gasteiger charge is 2.14. The van der Waals surface area contributed by atoms with Crippen LogP contribution in [0.2, 0.25) is 5.02 Å². The number of halogens is 2. The van der Waals surface area contributed by atoms with E-state index in [1.54, 1.807) is 0 Å². The summed E-state index contributed by atoms with van der Waals surface area (Å²) in [5.74, 6) is 0.578. The summed E-state index contributed by atoms with van der Waals surface area (Å²) in [5, 5.41) is 2.90. The van der Waals surface area contributed by atoms with Crippen molar-refractivity contribution < 1.29 is 4.21 Å². The topological polar surface area (TPSA) is 17.1 Å². The fourth-order valence-corrected chi connectivity index (χ4v) is 4.26. The lowest BCUT2D eigenvalue weighted by atomic mass is 10.0. The molecule has 0 fully saturated rings. The Hall–Kier alpha value is -1.16. The normalized spacial score (nSPS) is 12.5. The molecule has 1 atom stereocenters. The Morgan fingerprint density at radius 2 is 1.68 bits per heavy atom. The van der Waals surface area contributed by atoms with E-state index in [1.165, 1.54) is 0 Å². The van der Waals surface area contributed by atoms with Gasteiger partial charge >= 0.3 is 0 Å². The van der Waals surface area contributed by atoms with Gasteiger partial charge in [0.2, 0.25) is 0 Å². The van der Waals surface area contributed by atoms with Gasteiger partial charge in [0.25, 0.3) is 0 Å². The molecule has 1 nitrogen and oxygen atoms in total. The molecule has 3 rings (SSSR count). The van der Waals surface area contributed by atoms with Gasteiger partial charge in [0.1, 0.15) is 0 Å². The van der Waals surface area contributed by atoms with Crippen molar-refractivity contribution in [3.63, 3.8) is 0 Å². The summed E-state index contributed by atoms with van der Waals surface area (Å²) in [7, 11) is -1.04. The number of rotatable bonds is 3. The second-order valence-corrected chi connectivity index (χ2v) is 7.98. The zero-order chi connectivity index (χ0) is 15.7. The molecule has 3 aromatic carbocycles. The second kappa shape index (κ2) is 6.53. The van der Waals surface area contributed by atoms with E-state index in [2.05, 4.69) is 28.1 Å². The van der Waals surface area contributed by atoms with E-state index < -0.39 is 10.8 Å². The van der Waals surface area contributed by atoms with Gasteiger partial charge in [-0.2, -0.15) is 0 Å². The smallest absolute Gasteiger partial charge is 0.0533 e. The Kier molecular flexibility index (Phi) is 4.67. The lowest BCUT2D eigenvalue weighted by Gasteiger charge is -2.12. The van der Waals surface area contributed by atoms with Crippen molar-refractivity contribution >= 4 is 49.1 Å². The minimum Gasteiger partial charge on any atom is -0.254 e. The van der Waals surface area contributed by atoms with E-state index in [0.29, 0.717) is 10.8 Å². The first-order chi connectivity index (χ1) is 10.6. The predicted molar refractivity (Wildman–Crippen MR) is 99.0 cm³/mol. The van der Waals surface area contributed by atoms with Gasteiger partial charge in [-0.15, -0.1) is 0 Å². The largest absolute Gasteiger partial charge is 0.254 e. The second-order valence-electron chi connectivity index (χ2n) is 4.95. The SMILES string of the molecule is CCS(=O)c1cc(Br)ccc1-c1cc2ccccc2cc1Cl. The lowest BCUT2D eigenvalue weighted by molar-refractivity contribution is 0.684. The number of benzene rings is 3. The molecule has 0 aliphatic rings. The first-order valence-electron chi connectivity index (χ1n) is 6.96. The Morgan fingerprint density at radius 3 is 2.36 bits per heavy atom. The van der Waals surface area contributed by atoms with Crippen LogP contribution in [0.1, 0.15) is 6.92 Å². The first-order valence-corrected chi connectivity index (χ1v) is 9.45. The summed E-state index contributed by atoms with van der Waals surface area (Å²) >= 11 is 9.94. The third-order valence-corrected chi connectivity index (χ3v) is 5.74. The molecule has 0 spiro atoms. The van der Waals surface area contributed by atoms with Crippen molar-refractivity contribution in [2.75, 3.05) is 5.75 Å². The number of fused-ring (bicyclic) bond motifs is 1. The maximum atomic E-state index is 12.4. The molecule has 0 radical (unpaired) electrons. The molecule has 3 aromatic rings. The zero-order valence-electron chi connectivity index (χ0n) is 12.0. The van der Waals surface area contributed by atoms with Crippen LogP contribution in [0.4, 0.5) is 0 Å². The quantitative estimate of drug-likeness (QED) is 0.529. The van der Waals surface area contributed by atoms with E-state index in [4.69, 9.17) is 11.6 Å². The van der Waals surface area contributed by atoms with Crippen LogP contribution in [0.15, 0.2) is 64.0 Å². The van der Waals surface area contributed by atoms with Gasteiger partial charge in [-0.05, 0) is 40.6 Å². The molecule has 0 N–H and O–H groups in total. The minimum absolute atomic E-state index is 0.578. The maximum absolute atomic E-state index is 12.4. The number of hydrogen-bond donors (Lipinski definition) is 0. The van der Waals surface area contributed by atoms with Gasteiger partial charge in [0, 0.05) is 25.7 Å². The molecular formula is C18H14BrClOS. The summed E-state index contributed by atoms with van der Waals surface area (Å²) in [4.78, 5) is 0.814. The highest BCUT2D eigenvalue weighted by Crippen LogP contribution is 2.36. The third-order valence-electron chi connectivity index (χ3n) is 3.58. The minimum atomic E-state index is -1.04. The third kappa shape index (κ3) is 2.98. The Balaban J connectivity index is 2.27. The summed E-state index contributed by atoms with van der Waals surface area (Å²) in [6.07, 6.45) is 0. The molecule has 0 saturated heterocycles. The van der Waals surface area contributed by atoms with Crippen molar-refractivity contribution in [1.29, 1.82) is 0 Å². The average Bonchev–Trinajstić information content (AvgIpc) is 2.53. The standard InChI is InChI=1S/C18H14BrClOS/c1-2-22(21)18-11-14(19)7-8-15(18)16-9-12-5-3-4-6-13(12)10-17(16)20/h3-11H,2H2,1H3. The van der Waals surface area contributed by atoms with E-state index >= 15 is 0 Å². The fraction of sp³-hybridized carbons (Fsp3) is 0.111. The molecule has 0 bridgehead atoms. The van der Waals surface area contributed by atoms with Crippen LogP contribution in [-0.2, 0) is 10.8 Å². The van der Waals surface area contributed by atoms with Crippen LogP contribution in [-0.4, -0.2) is 9.96 Å². The summed E-state index contributed by atoms with van der Waals surface area (Å²) in [6, 6.07) is 18.0. The monoisotopic (exact) mass is 392 g/mol. The molecule has 0 aromatic heterocycles. The van der Waals surface area contributed by atoms with Crippen LogP contribution in [0.5, 0.6) is 0 Å². The highest BCUT2D eigenvalue weighted by atomic mass is 79.9. The lowest BCUT2D eigenvalue weighted by Crippen LogP contribution is -1.97. The molecule has 4 heteroatoms.